The molecule has 196 valence electrons. The highest BCUT2D eigenvalue weighted by Gasteiger charge is 2.20. The van der Waals surface area contributed by atoms with E-state index in [-0.39, 0.29) is 22.9 Å². The molecule has 0 radical (unpaired) electrons. The van der Waals surface area contributed by atoms with E-state index in [0.717, 1.165) is 16.7 Å². The molecule has 0 unspecified atom stereocenters. The number of phenols is 1. The molecule has 3 rings (SSSR count). The molecule has 0 saturated heterocycles. The van der Waals surface area contributed by atoms with E-state index in [2.05, 4.69) is 41.9 Å². The van der Waals surface area contributed by atoms with Crippen molar-refractivity contribution in [2.45, 2.75) is 49.8 Å². The van der Waals surface area contributed by atoms with E-state index >= 15 is 0 Å². The molecule has 0 bridgehead atoms. The minimum atomic E-state index is -0.820. The van der Waals surface area contributed by atoms with Gasteiger partial charge >= 0.3 is 0 Å². The normalized spacial score (nSPS) is 12.1. The molecule has 0 spiro atoms. The summed E-state index contributed by atoms with van der Waals surface area (Å²) in [6.45, 7) is 4.90. The van der Waals surface area contributed by atoms with Gasteiger partial charge in [-0.1, -0.05) is 42.5 Å². The number of rotatable bonds is 13. The van der Waals surface area contributed by atoms with Crippen LogP contribution in [0.4, 0.5) is 5.69 Å². The molecule has 37 heavy (non-hydrogen) atoms. The second-order valence-electron chi connectivity index (χ2n) is 9.62. The van der Waals surface area contributed by atoms with E-state index < -0.39 is 6.10 Å². The number of aromatic hydroxyl groups is 1. The molecule has 1 atom stereocenters. The van der Waals surface area contributed by atoms with E-state index in [1.165, 1.54) is 11.0 Å². The number of hydrogen-bond donors (Lipinski definition) is 5. The SMILES string of the molecule is CSc1ccc(CNC(=O)Cc2cccc(CC(C)(C)NC[C@H](O)c3ccc(O)c(NC=O)c3)c2)cc1. The molecule has 0 fully saturated rings. The average molecular weight is 522 g/mol. The lowest BCUT2D eigenvalue weighted by molar-refractivity contribution is -0.120. The second kappa shape index (κ2) is 13.3. The van der Waals surface area contributed by atoms with Crippen molar-refractivity contribution in [3.63, 3.8) is 0 Å². The summed E-state index contributed by atoms with van der Waals surface area (Å²) in [5.74, 6) is -0.0846. The summed E-state index contributed by atoms with van der Waals surface area (Å²) < 4.78 is 0. The molecule has 8 heteroatoms. The maximum Gasteiger partial charge on any atom is 0.224 e. The third kappa shape index (κ3) is 8.93. The number of carbonyl (C=O) groups excluding carboxylic acids is 2. The Bertz CT molecular complexity index is 1200. The first-order valence-corrected chi connectivity index (χ1v) is 13.3. The smallest absolute Gasteiger partial charge is 0.224 e. The summed E-state index contributed by atoms with van der Waals surface area (Å²) in [7, 11) is 0. The van der Waals surface area contributed by atoms with Crippen LogP contribution in [0.1, 0.15) is 42.2 Å². The van der Waals surface area contributed by atoms with E-state index in [4.69, 9.17) is 0 Å². The van der Waals surface area contributed by atoms with Crippen LogP contribution in [0, 0.1) is 0 Å². The number of hydrogen-bond acceptors (Lipinski definition) is 6. The molecule has 0 heterocycles. The third-order valence-corrected chi connectivity index (χ3v) is 6.79. The Morgan fingerprint density at radius 3 is 2.46 bits per heavy atom. The van der Waals surface area contributed by atoms with E-state index in [0.29, 0.717) is 37.9 Å². The van der Waals surface area contributed by atoms with Crippen LogP contribution >= 0.6 is 11.8 Å². The van der Waals surface area contributed by atoms with E-state index in [1.54, 1.807) is 23.9 Å². The number of aliphatic hydroxyl groups excluding tert-OH is 1. The Kier molecular flexibility index (Phi) is 10.1. The van der Waals surface area contributed by atoms with Gasteiger partial charge in [0.2, 0.25) is 12.3 Å². The van der Waals surface area contributed by atoms with Crippen molar-refractivity contribution in [2.24, 2.45) is 0 Å². The maximum absolute atomic E-state index is 12.5. The van der Waals surface area contributed by atoms with Crippen molar-refractivity contribution in [3.8, 4) is 5.75 Å². The standard InChI is InChI=1S/C29H35N3O4S/c1-29(2,32-18-27(35)23-9-12-26(34)25(15-23)31-19-33)16-22-6-4-5-21(13-22)14-28(36)30-17-20-7-10-24(37-3)11-8-20/h4-13,15,19,27,32,34-35H,14,16-18H2,1-3H3,(H,30,36)(H,31,33)/t27-/m0/s1. The first kappa shape index (κ1) is 28.2. The Balaban J connectivity index is 1.52. The van der Waals surface area contributed by atoms with Gasteiger partial charge < -0.3 is 26.2 Å². The summed E-state index contributed by atoms with van der Waals surface area (Å²) in [6, 6.07) is 20.8. The van der Waals surface area contributed by atoms with Gasteiger partial charge in [0.1, 0.15) is 5.75 Å². The number of carbonyl (C=O) groups is 2. The largest absolute Gasteiger partial charge is 0.506 e. The predicted octanol–water partition coefficient (Wildman–Crippen LogP) is 4.19. The minimum absolute atomic E-state index is 0.0241. The van der Waals surface area contributed by atoms with Crippen molar-refractivity contribution in [2.75, 3.05) is 18.1 Å². The van der Waals surface area contributed by atoms with Gasteiger partial charge in [0.15, 0.2) is 0 Å². The van der Waals surface area contributed by atoms with Crippen LogP contribution in [0.15, 0.2) is 71.6 Å². The topological polar surface area (TPSA) is 111 Å². The van der Waals surface area contributed by atoms with Gasteiger partial charge in [-0.15, -0.1) is 11.8 Å². The molecule has 3 aromatic rings. The zero-order valence-corrected chi connectivity index (χ0v) is 22.3. The van der Waals surface area contributed by atoms with Crippen LogP contribution in [0.2, 0.25) is 0 Å². The Morgan fingerprint density at radius 1 is 1.03 bits per heavy atom. The molecule has 0 aliphatic carbocycles. The third-order valence-electron chi connectivity index (χ3n) is 6.04. The zero-order chi connectivity index (χ0) is 26.8. The number of anilines is 1. The fourth-order valence-corrected chi connectivity index (χ4v) is 4.45. The number of aliphatic hydroxyl groups is 1. The lowest BCUT2D eigenvalue weighted by Crippen LogP contribution is -2.43. The van der Waals surface area contributed by atoms with Gasteiger partial charge in [-0.2, -0.15) is 0 Å². The van der Waals surface area contributed by atoms with Crippen LogP contribution < -0.4 is 16.0 Å². The highest BCUT2D eigenvalue weighted by molar-refractivity contribution is 7.98. The van der Waals surface area contributed by atoms with Crippen LogP contribution in [0.3, 0.4) is 0 Å². The summed E-state index contributed by atoms with van der Waals surface area (Å²) in [5.41, 5.74) is 3.61. The van der Waals surface area contributed by atoms with Gasteiger partial charge in [0, 0.05) is 23.5 Å². The lowest BCUT2D eigenvalue weighted by atomic mass is 9.93. The van der Waals surface area contributed by atoms with Gasteiger partial charge in [-0.05, 0) is 73.0 Å². The van der Waals surface area contributed by atoms with E-state index in [9.17, 15) is 19.8 Å². The van der Waals surface area contributed by atoms with Gasteiger partial charge in [0.05, 0.1) is 18.2 Å². The molecule has 5 N–H and O–H groups in total. The fourth-order valence-electron chi connectivity index (χ4n) is 4.05. The number of benzene rings is 3. The minimum Gasteiger partial charge on any atom is -0.506 e. The number of thioether (sulfide) groups is 1. The van der Waals surface area contributed by atoms with Crippen LogP contribution in [-0.2, 0) is 29.0 Å². The highest BCUT2D eigenvalue weighted by atomic mass is 32.2. The molecule has 0 aliphatic heterocycles. The van der Waals surface area contributed by atoms with Crippen LogP contribution in [0.5, 0.6) is 5.75 Å². The highest BCUT2D eigenvalue weighted by Crippen LogP contribution is 2.27. The molecule has 2 amide bonds. The van der Waals surface area contributed by atoms with Gasteiger partial charge in [0.25, 0.3) is 0 Å². The molecule has 0 aromatic heterocycles. The maximum atomic E-state index is 12.5. The lowest BCUT2D eigenvalue weighted by Gasteiger charge is -2.28. The van der Waals surface area contributed by atoms with Crippen molar-refractivity contribution in [1.29, 1.82) is 0 Å². The summed E-state index contributed by atoms with van der Waals surface area (Å²) in [4.78, 5) is 24.4. The van der Waals surface area contributed by atoms with Gasteiger partial charge in [-0.3, -0.25) is 9.59 Å². The van der Waals surface area contributed by atoms with Crippen molar-refractivity contribution in [1.82, 2.24) is 10.6 Å². The molecule has 0 saturated carbocycles. The first-order valence-electron chi connectivity index (χ1n) is 12.1. The number of amides is 2. The fraction of sp³-hybridized carbons (Fsp3) is 0.310. The average Bonchev–Trinajstić information content (AvgIpc) is 2.88. The predicted molar refractivity (Wildman–Crippen MR) is 149 cm³/mol. The Labute approximate surface area is 222 Å². The number of nitrogens with one attached hydrogen (secondary N) is 3. The number of β-amino-alcohol motifs (C(OH)–C–C–N with tert-alkyl or cyclic N) is 1. The second-order valence-corrected chi connectivity index (χ2v) is 10.5. The molecule has 0 aliphatic rings. The van der Waals surface area contributed by atoms with Gasteiger partial charge in [-0.25, -0.2) is 0 Å². The molecular weight excluding hydrogens is 486 g/mol. The zero-order valence-electron chi connectivity index (χ0n) is 21.5. The van der Waals surface area contributed by atoms with E-state index in [1.807, 2.05) is 42.7 Å². The summed E-state index contributed by atoms with van der Waals surface area (Å²) in [6.07, 6.45) is 2.70. The van der Waals surface area contributed by atoms with Crippen molar-refractivity contribution >= 4 is 29.8 Å². The van der Waals surface area contributed by atoms with Crippen molar-refractivity contribution < 1.29 is 19.8 Å². The van der Waals surface area contributed by atoms with Crippen LogP contribution in [0.25, 0.3) is 0 Å². The Hall–Kier alpha value is -3.33. The summed E-state index contributed by atoms with van der Waals surface area (Å²) in [5, 5.41) is 29.2. The molecule has 7 nitrogen and oxygen atoms in total. The monoisotopic (exact) mass is 521 g/mol. The molecule has 3 aromatic carbocycles. The first-order chi connectivity index (χ1) is 17.7. The van der Waals surface area contributed by atoms with Crippen molar-refractivity contribution in [3.05, 3.63) is 89.0 Å². The Morgan fingerprint density at radius 2 is 1.76 bits per heavy atom. The molecular formula is C29H35N3O4S. The van der Waals surface area contributed by atoms with Crippen LogP contribution in [-0.4, -0.2) is 40.9 Å². The summed E-state index contributed by atoms with van der Waals surface area (Å²) >= 11 is 1.69. The quantitative estimate of drug-likeness (QED) is 0.131. The number of phenolic OH excluding ortho intramolecular Hbond substituents is 1.